The first kappa shape index (κ1) is 19.5. The molecule has 0 aromatic heterocycles. The molecule has 3 rings (SSSR count). The number of carbonyl (C=O) groups is 3. The minimum absolute atomic E-state index is 0.0407. The van der Waals surface area contributed by atoms with E-state index in [0.717, 1.165) is 4.90 Å². The molecule has 2 aromatic rings. The number of fused-ring (bicyclic) bond motifs is 1. The highest BCUT2D eigenvalue weighted by Gasteiger charge is 2.51. The zero-order valence-electron chi connectivity index (χ0n) is 15.4. The normalized spacial score (nSPS) is 14.9. The maximum Gasteiger partial charge on any atom is 0.483 e. The minimum Gasteiger partial charge on any atom is -0.496 e. The number of Topliss-reactive ketones (excluding diaryl/α,β-unsaturated/α-hetero) is 2. The van der Waals surface area contributed by atoms with Gasteiger partial charge in [0.1, 0.15) is 5.75 Å². The number of hydrogen-bond donors (Lipinski definition) is 0. The molecule has 8 heteroatoms. The summed E-state index contributed by atoms with van der Waals surface area (Å²) in [6.45, 7) is 2.29. The van der Waals surface area contributed by atoms with Gasteiger partial charge in [-0.2, -0.15) is 8.78 Å². The lowest BCUT2D eigenvalue weighted by atomic mass is 10.0. The van der Waals surface area contributed by atoms with Gasteiger partial charge in [-0.1, -0.05) is 6.07 Å². The summed E-state index contributed by atoms with van der Waals surface area (Å²) >= 11 is 0. The molecule has 1 aliphatic rings. The second-order valence-electron chi connectivity index (χ2n) is 6.30. The van der Waals surface area contributed by atoms with Crippen molar-refractivity contribution in [1.82, 2.24) is 0 Å². The zero-order chi connectivity index (χ0) is 20.6. The second-order valence-corrected chi connectivity index (χ2v) is 6.30. The summed E-state index contributed by atoms with van der Waals surface area (Å²) in [7, 11) is 1.39. The maximum atomic E-state index is 14.3. The number of ketones is 2. The van der Waals surface area contributed by atoms with Crippen LogP contribution in [0.1, 0.15) is 40.1 Å². The molecule has 28 heavy (non-hydrogen) atoms. The van der Waals surface area contributed by atoms with Gasteiger partial charge in [0.05, 0.1) is 24.9 Å². The number of methoxy groups -OCH3 is 1. The topological polar surface area (TPSA) is 72.9 Å². The van der Waals surface area contributed by atoms with E-state index in [1.165, 1.54) is 51.3 Å². The van der Waals surface area contributed by atoms with E-state index >= 15 is 0 Å². The molecule has 1 aliphatic heterocycles. The fourth-order valence-electron chi connectivity index (χ4n) is 3.01. The Labute approximate surface area is 159 Å². The molecule has 0 spiro atoms. The molecule has 0 N–H and O–H groups in total. The summed E-state index contributed by atoms with van der Waals surface area (Å²) in [5, 5.41) is 0. The predicted molar refractivity (Wildman–Crippen MR) is 96.2 cm³/mol. The maximum absolute atomic E-state index is 14.3. The van der Waals surface area contributed by atoms with Gasteiger partial charge in [-0.15, -0.1) is 0 Å². The fourth-order valence-corrected chi connectivity index (χ4v) is 3.01. The van der Waals surface area contributed by atoms with Crippen LogP contribution in [0.4, 0.5) is 14.5 Å². The number of hydrogen-bond acceptors (Lipinski definition) is 5. The summed E-state index contributed by atoms with van der Waals surface area (Å²) in [5.74, 6) is -2.30. The van der Waals surface area contributed by atoms with Crippen molar-refractivity contribution in [3.05, 3.63) is 53.1 Å². The lowest BCUT2D eigenvalue weighted by molar-refractivity contribution is -0.193. The van der Waals surface area contributed by atoms with Crippen LogP contribution in [-0.4, -0.2) is 30.7 Å². The Balaban J connectivity index is 2.14. The molecular formula is C20H17F2NO5. The summed E-state index contributed by atoms with van der Waals surface area (Å²) in [6.07, 6.45) is -4.13. The van der Waals surface area contributed by atoms with Crippen LogP contribution < -0.4 is 14.4 Å². The van der Waals surface area contributed by atoms with Gasteiger partial charge >= 0.3 is 12.0 Å². The van der Waals surface area contributed by atoms with Gasteiger partial charge in [-0.05, 0) is 44.2 Å². The van der Waals surface area contributed by atoms with E-state index in [4.69, 9.17) is 4.74 Å². The van der Waals surface area contributed by atoms with Crippen molar-refractivity contribution >= 4 is 23.2 Å². The van der Waals surface area contributed by atoms with Gasteiger partial charge < -0.3 is 9.47 Å². The summed E-state index contributed by atoms with van der Waals surface area (Å²) < 4.78 is 38.3. The Bertz CT molecular complexity index is 987. The van der Waals surface area contributed by atoms with Crippen molar-refractivity contribution < 1.29 is 32.6 Å². The van der Waals surface area contributed by atoms with Gasteiger partial charge in [-0.3, -0.25) is 19.3 Å². The molecule has 0 atom stereocenters. The summed E-state index contributed by atoms with van der Waals surface area (Å²) in [4.78, 5) is 36.7. The predicted octanol–water partition coefficient (Wildman–Crippen LogP) is 3.62. The Morgan fingerprint density at radius 2 is 1.86 bits per heavy atom. The Hall–Kier alpha value is -3.29. The quantitative estimate of drug-likeness (QED) is 0.731. The minimum atomic E-state index is -4.13. The first-order chi connectivity index (χ1) is 13.2. The van der Waals surface area contributed by atoms with Crippen LogP contribution in [-0.2, 0) is 11.3 Å². The first-order valence-corrected chi connectivity index (χ1v) is 8.36. The number of ether oxygens (including phenoxy) is 2. The van der Waals surface area contributed by atoms with Crippen LogP contribution >= 0.6 is 0 Å². The van der Waals surface area contributed by atoms with E-state index in [9.17, 15) is 23.2 Å². The first-order valence-electron chi connectivity index (χ1n) is 8.36. The standard InChI is InChI=1S/C20H17F2NO5/c1-11(24)13-7-8-17(27-3)14(9-13)10-23-16-6-4-5-15(12(2)25)18(16)28-20(21,22)19(23)26/h4-9H,10H2,1-3H3. The highest BCUT2D eigenvalue weighted by atomic mass is 19.3. The summed E-state index contributed by atoms with van der Waals surface area (Å²) in [5.41, 5.74) is 0.694. The summed E-state index contributed by atoms with van der Waals surface area (Å²) in [6, 6.07) is 8.80. The van der Waals surface area contributed by atoms with Crippen molar-refractivity contribution in [3.8, 4) is 11.5 Å². The second kappa shape index (κ2) is 7.03. The van der Waals surface area contributed by atoms with Gasteiger partial charge in [0.25, 0.3) is 0 Å². The molecule has 6 nitrogen and oxygen atoms in total. The number of para-hydroxylation sites is 1. The van der Waals surface area contributed by atoms with E-state index in [2.05, 4.69) is 4.74 Å². The molecule has 0 aliphatic carbocycles. The van der Waals surface area contributed by atoms with E-state index in [1.54, 1.807) is 6.07 Å². The molecule has 0 radical (unpaired) electrons. The number of amides is 1. The largest absolute Gasteiger partial charge is 0.496 e. The molecule has 0 saturated heterocycles. The number of halogens is 2. The van der Waals surface area contributed by atoms with Gasteiger partial charge in [-0.25, -0.2) is 0 Å². The third-order valence-electron chi connectivity index (χ3n) is 4.40. The molecule has 0 saturated carbocycles. The smallest absolute Gasteiger partial charge is 0.483 e. The van der Waals surface area contributed by atoms with Crippen LogP contribution in [0.5, 0.6) is 11.5 Å². The number of rotatable bonds is 5. The van der Waals surface area contributed by atoms with E-state index < -0.39 is 17.8 Å². The van der Waals surface area contributed by atoms with Crippen molar-refractivity contribution in [2.75, 3.05) is 12.0 Å². The van der Waals surface area contributed by atoms with E-state index in [1.807, 2.05) is 0 Å². The Morgan fingerprint density at radius 1 is 1.14 bits per heavy atom. The number of alkyl halides is 2. The number of anilines is 1. The molecule has 0 fully saturated rings. The van der Waals surface area contributed by atoms with Crippen LogP contribution in [0.3, 0.4) is 0 Å². The third-order valence-corrected chi connectivity index (χ3v) is 4.40. The number of carbonyl (C=O) groups excluding carboxylic acids is 3. The lowest BCUT2D eigenvalue weighted by Gasteiger charge is -2.34. The van der Waals surface area contributed by atoms with Crippen molar-refractivity contribution in [2.24, 2.45) is 0 Å². The monoisotopic (exact) mass is 389 g/mol. The van der Waals surface area contributed by atoms with E-state index in [0.29, 0.717) is 16.9 Å². The highest BCUT2D eigenvalue weighted by molar-refractivity contribution is 6.05. The average molecular weight is 389 g/mol. The average Bonchev–Trinajstić information content (AvgIpc) is 2.64. The lowest BCUT2D eigenvalue weighted by Crippen LogP contribution is -2.50. The van der Waals surface area contributed by atoms with Crippen molar-refractivity contribution in [1.29, 1.82) is 0 Å². The van der Waals surface area contributed by atoms with E-state index in [-0.39, 0.29) is 29.3 Å². The fraction of sp³-hybridized carbons (Fsp3) is 0.250. The number of benzene rings is 2. The molecule has 1 amide bonds. The molecule has 0 unspecified atom stereocenters. The molecule has 0 bridgehead atoms. The molecular weight excluding hydrogens is 372 g/mol. The molecule has 146 valence electrons. The Kier molecular flexibility index (Phi) is 4.89. The van der Waals surface area contributed by atoms with Crippen LogP contribution in [0.15, 0.2) is 36.4 Å². The zero-order valence-corrected chi connectivity index (χ0v) is 15.4. The highest BCUT2D eigenvalue weighted by Crippen LogP contribution is 2.43. The van der Waals surface area contributed by atoms with Crippen molar-refractivity contribution in [2.45, 2.75) is 26.5 Å². The van der Waals surface area contributed by atoms with Gasteiger partial charge in [0.15, 0.2) is 17.3 Å². The molecule has 1 heterocycles. The van der Waals surface area contributed by atoms with Crippen molar-refractivity contribution in [3.63, 3.8) is 0 Å². The van der Waals surface area contributed by atoms with Gasteiger partial charge in [0, 0.05) is 11.1 Å². The number of nitrogens with zero attached hydrogens (tertiary/aromatic N) is 1. The van der Waals surface area contributed by atoms with Crippen LogP contribution in [0, 0.1) is 0 Å². The van der Waals surface area contributed by atoms with Crippen LogP contribution in [0.25, 0.3) is 0 Å². The van der Waals surface area contributed by atoms with Gasteiger partial charge in [0.2, 0.25) is 0 Å². The Morgan fingerprint density at radius 3 is 2.46 bits per heavy atom. The SMILES string of the molecule is COc1ccc(C(C)=O)cc1CN1C(=O)C(F)(F)Oc2c(C(C)=O)cccc21. The van der Waals surface area contributed by atoms with Crippen LogP contribution in [0.2, 0.25) is 0 Å². The molecule has 2 aromatic carbocycles. The third kappa shape index (κ3) is 3.33.